The van der Waals surface area contributed by atoms with Gasteiger partial charge < -0.3 is 14.1 Å². The number of likely N-dealkylation sites (tertiary alicyclic amines) is 1. The minimum atomic E-state index is -0.525. The van der Waals surface area contributed by atoms with E-state index in [0.29, 0.717) is 41.3 Å². The third-order valence-corrected chi connectivity index (χ3v) is 5.45. The molecule has 1 aliphatic heterocycles. The van der Waals surface area contributed by atoms with Crippen LogP contribution in [0.2, 0.25) is 0 Å². The fourth-order valence-corrected chi connectivity index (χ4v) is 3.90. The second-order valence-corrected chi connectivity index (χ2v) is 7.27. The van der Waals surface area contributed by atoms with Gasteiger partial charge in [0, 0.05) is 30.6 Å². The molecular weight excluding hydrogens is 354 g/mol. The Hall–Kier alpha value is -3.08. The summed E-state index contributed by atoms with van der Waals surface area (Å²) in [6.07, 6.45) is 2.97. The first-order valence-electron chi connectivity index (χ1n) is 9.59. The summed E-state index contributed by atoms with van der Waals surface area (Å²) in [6.45, 7) is 1.41. The van der Waals surface area contributed by atoms with E-state index in [0.717, 1.165) is 19.3 Å². The number of carbonyl (C=O) groups excluding carboxylic acids is 1. The summed E-state index contributed by atoms with van der Waals surface area (Å²) in [6, 6.07) is 16.9. The standard InChI is InChI=1S/C23H23NO4/c1-27-18-7-8-19-20(15-22(25)28-21(19)14-18)23(26)24-11-9-17(10-12-24)13-16-5-3-2-4-6-16/h2-8,14-15,17H,9-13H2,1H3. The van der Waals surface area contributed by atoms with Crippen LogP contribution in [-0.2, 0) is 6.42 Å². The minimum Gasteiger partial charge on any atom is -0.497 e. The summed E-state index contributed by atoms with van der Waals surface area (Å²) in [5.41, 5.74) is 1.58. The smallest absolute Gasteiger partial charge is 0.337 e. The average molecular weight is 377 g/mol. The zero-order valence-electron chi connectivity index (χ0n) is 15.9. The number of hydrogen-bond acceptors (Lipinski definition) is 4. The molecule has 0 unspecified atom stereocenters. The maximum Gasteiger partial charge on any atom is 0.337 e. The number of fused-ring (bicyclic) bond motifs is 1. The van der Waals surface area contributed by atoms with Crippen molar-refractivity contribution in [2.45, 2.75) is 19.3 Å². The first kappa shape index (κ1) is 18.3. The molecule has 1 amide bonds. The topological polar surface area (TPSA) is 59.8 Å². The van der Waals surface area contributed by atoms with Crippen LogP contribution in [0.25, 0.3) is 11.0 Å². The van der Waals surface area contributed by atoms with E-state index in [-0.39, 0.29) is 5.91 Å². The van der Waals surface area contributed by atoms with Crippen molar-refractivity contribution in [3.63, 3.8) is 0 Å². The molecule has 1 aromatic heterocycles. The molecule has 0 atom stereocenters. The van der Waals surface area contributed by atoms with Gasteiger partial charge in [-0.25, -0.2) is 4.79 Å². The molecule has 0 aliphatic carbocycles. The second kappa shape index (κ2) is 7.89. The highest BCUT2D eigenvalue weighted by molar-refractivity contribution is 6.05. The summed E-state index contributed by atoms with van der Waals surface area (Å²) < 4.78 is 10.4. The highest BCUT2D eigenvalue weighted by atomic mass is 16.5. The van der Waals surface area contributed by atoms with Crippen molar-refractivity contribution in [2.75, 3.05) is 20.2 Å². The van der Waals surface area contributed by atoms with Gasteiger partial charge in [-0.3, -0.25) is 4.79 Å². The van der Waals surface area contributed by atoms with Gasteiger partial charge in [-0.05, 0) is 42.9 Å². The van der Waals surface area contributed by atoms with Crippen molar-refractivity contribution in [3.05, 3.63) is 76.1 Å². The third-order valence-electron chi connectivity index (χ3n) is 5.45. The Balaban J connectivity index is 1.50. The lowest BCUT2D eigenvalue weighted by molar-refractivity contribution is 0.0692. The maximum absolute atomic E-state index is 13.1. The summed E-state index contributed by atoms with van der Waals surface area (Å²) in [5.74, 6) is 1.05. The van der Waals surface area contributed by atoms with Crippen LogP contribution in [0.4, 0.5) is 0 Å². The van der Waals surface area contributed by atoms with Crippen LogP contribution >= 0.6 is 0 Å². The van der Waals surface area contributed by atoms with E-state index >= 15 is 0 Å². The predicted molar refractivity (Wildman–Crippen MR) is 108 cm³/mol. The Morgan fingerprint density at radius 1 is 1.11 bits per heavy atom. The van der Waals surface area contributed by atoms with E-state index in [1.165, 1.54) is 11.6 Å². The lowest BCUT2D eigenvalue weighted by Crippen LogP contribution is -2.39. The Morgan fingerprint density at radius 3 is 2.57 bits per heavy atom. The van der Waals surface area contributed by atoms with Gasteiger partial charge in [-0.2, -0.15) is 0 Å². The molecule has 5 heteroatoms. The van der Waals surface area contributed by atoms with Gasteiger partial charge in [0.05, 0.1) is 12.7 Å². The summed E-state index contributed by atoms with van der Waals surface area (Å²) in [7, 11) is 1.55. The lowest BCUT2D eigenvalue weighted by atomic mass is 9.90. The van der Waals surface area contributed by atoms with Gasteiger partial charge >= 0.3 is 5.63 Å². The number of rotatable bonds is 4. The number of methoxy groups -OCH3 is 1. The fraction of sp³-hybridized carbons (Fsp3) is 0.304. The highest BCUT2D eigenvalue weighted by Gasteiger charge is 2.25. The fourth-order valence-electron chi connectivity index (χ4n) is 3.90. The molecule has 3 aromatic rings. The Kier molecular flexibility index (Phi) is 5.15. The van der Waals surface area contributed by atoms with Crippen molar-refractivity contribution in [1.82, 2.24) is 4.90 Å². The molecule has 2 heterocycles. The summed E-state index contributed by atoms with van der Waals surface area (Å²) >= 11 is 0. The largest absolute Gasteiger partial charge is 0.497 e. The zero-order chi connectivity index (χ0) is 19.5. The van der Waals surface area contributed by atoms with Crippen molar-refractivity contribution in [1.29, 1.82) is 0 Å². The average Bonchev–Trinajstić information content (AvgIpc) is 2.73. The molecule has 28 heavy (non-hydrogen) atoms. The molecule has 1 aliphatic rings. The van der Waals surface area contributed by atoms with E-state index < -0.39 is 5.63 Å². The number of carbonyl (C=O) groups is 1. The SMILES string of the molecule is COc1ccc2c(C(=O)N3CCC(Cc4ccccc4)CC3)cc(=O)oc2c1. The number of ether oxygens (including phenoxy) is 1. The Bertz CT molecular complexity index is 1030. The van der Waals surface area contributed by atoms with Crippen LogP contribution in [0.15, 0.2) is 63.8 Å². The summed E-state index contributed by atoms with van der Waals surface area (Å²) in [5, 5.41) is 0.636. The van der Waals surface area contributed by atoms with Gasteiger partial charge in [0.15, 0.2) is 0 Å². The second-order valence-electron chi connectivity index (χ2n) is 7.27. The Labute approximate surface area is 163 Å². The van der Waals surface area contributed by atoms with Crippen molar-refractivity contribution >= 4 is 16.9 Å². The predicted octanol–water partition coefficient (Wildman–Crippen LogP) is 3.90. The number of amides is 1. The normalized spacial score (nSPS) is 15.0. The lowest BCUT2D eigenvalue weighted by Gasteiger charge is -2.32. The molecule has 1 fully saturated rings. The molecular formula is C23H23NO4. The maximum atomic E-state index is 13.1. The quantitative estimate of drug-likeness (QED) is 0.647. The monoisotopic (exact) mass is 377 g/mol. The molecule has 5 nitrogen and oxygen atoms in total. The van der Waals surface area contributed by atoms with Crippen LogP contribution in [0, 0.1) is 5.92 Å². The molecule has 1 saturated heterocycles. The first-order chi connectivity index (χ1) is 13.6. The molecule has 0 N–H and O–H groups in total. The number of nitrogens with zero attached hydrogens (tertiary/aromatic N) is 1. The molecule has 0 radical (unpaired) electrons. The van der Waals surface area contributed by atoms with Gasteiger partial charge in [0.2, 0.25) is 0 Å². The van der Waals surface area contributed by atoms with E-state index in [1.807, 2.05) is 11.0 Å². The van der Waals surface area contributed by atoms with Gasteiger partial charge in [-0.1, -0.05) is 30.3 Å². The molecule has 4 rings (SSSR count). The zero-order valence-corrected chi connectivity index (χ0v) is 15.9. The molecule has 0 spiro atoms. The molecule has 144 valence electrons. The number of piperidine rings is 1. The number of hydrogen-bond donors (Lipinski definition) is 0. The van der Waals surface area contributed by atoms with E-state index in [2.05, 4.69) is 24.3 Å². The van der Waals surface area contributed by atoms with Crippen LogP contribution in [0.5, 0.6) is 5.75 Å². The Morgan fingerprint density at radius 2 is 1.86 bits per heavy atom. The van der Waals surface area contributed by atoms with Gasteiger partial charge in [0.1, 0.15) is 11.3 Å². The molecule has 0 bridgehead atoms. The molecule has 0 saturated carbocycles. The van der Waals surface area contributed by atoms with Crippen LogP contribution in [-0.4, -0.2) is 31.0 Å². The first-order valence-corrected chi connectivity index (χ1v) is 9.59. The third kappa shape index (κ3) is 3.79. The van der Waals surface area contributed by atoms with Crippen LogP contribution in [0.1, 0.15) is 28.8 Å². The van der Waals surface area contributed by atoms with E-state index in [4.69, 9.17) is 9.15 Å². The van der Waals surface area contributed by atoms with Crippen LogP contribution < -0.4 is 10.4 Å². The number of benzene rings is 2. The van der Waals surface area contributed by atoms with Crippen LogP contribution in [0.3, 0.4) is 0 Å². The minimum absolute atomic E-state index is 0.110. The highest BCUT2D eigenvalue weighted by Crippen LogP contribution is 2.26. The van der Waals surface area contributed by atoms with E-state index in [1.54, 1.807) is 25.3 Å². The van der Waals surface area contributed by atoms with Crippen molar-refractivity contribution < 1.29 is 13.9 Å². The van der Waals surface area contributed by atoms with E-state index in [9.17, 15) is 9.59 Å². The van der Waals surface area contributed by atoms with Gasteiger partial charge in [-0.15, -0.1) is 0 Å². The van der Waals surface area contributed by atoms with Crippen molar-refractivity contribution in [2.24, 2.45) is 5.92 Å². The molecule has 2 aromatic carbocycles. The van der Waals surface area contributed by atoms with Gasteiger partial charge in [0.25, 0.3) is 5.91 Å². The summed E-state index contributed by atoms with van der Waals surface area (Å²) in [4.78, 5) is 26.9. The van der Waals surface area contributed by atoms with Crippen molar-refractivity contribution in [3.8, 4) is 5.75 Å².